The highest BCUT2D eigenvalue weighted by Gasteiger charge is 2.20. The molecule has 15 heavy (non-hydrogen) atoms. The molecule has 1 aromatic heterocycles. The molecule has 1 fully saturated rings. The van der Waals surface area contributed by atoms with Crippen LogP contribution in [-0.4, -0.2) is 6.54 Å². The van der Waals surface area contributed by atoms with Crippen molar-refractivity contribution < 1.29 is 0 Å². The van der Waals surface area contributed by atoms with Gasteiger partial charge in [0.15, 0.2) is 0 Å². The van der Waals surface area contributed by atoms with E-state index in [0.29, 0.717) is 0 Å². The van der Waals surface area contributed by atoms with Crippen molar-refractivity contribution in [3.63, 3.8) is 0 Å². The van der Waals surface area contributed by atoms with E-state index in [4.69, 9.17) is 5.73 Å². The van der Waals surface area contributed by atoms with E-state index in [-0.39, 0.29) is 0 Å². The minimum atomic E-state index is 0.779. The number of hydrogen-bond acceptors (Lipinski definition) is 2. The second kappa shape index (κ2) is 5.13. The molecule has 0 aliphatic heterocycles. The van der Waals surface area contributed by atoms with Gasteiger partial charge < -0.3 is 5.73 Å². The molecule has 1 heterocycles. The third kappa shape index (κ3) is 2.82. The molecule has 1 saturated carbocycles. The molecule has 0 aromatic carbocycles. The minimum absolute atomic E-state index is 0.779. The van der Waals surface area contributed by atoms with Crippen molar-refractivity contribution in [2.75, 3.05) is 6.54 Å². The molecule has 0 saturated heterocycles. The summed E-state index contributed by atoms with van der Waals surface area (Å²) in [5, 5.41) is 0. The van der Waals surface area contributed by atoms with Gasteiger partial charge in [0.05, 0.1) is 0 Å². The largest absolute Gasteiger partial charge is 0.330 e. The molecule has 1 aliphatic rings. The van der Waals surface area contributed by atoms with E-state index >= 15 is 0 Å². The summed E-state index contributed by atoms with van der Waals surface area (Å²) in [4.78, 5) is 3.07. The lowest BCUT2D eigenvalue weighted by Crippen LogP contribution is -2.09. The van der Waals surface area contributed by atoms with Gasteiger partial charge in [-0.3, -0.25) is 0 Å². The summed E-state index contributed by atoms with van der Waals surface area (Å²) in [7, 11) is 0. The maximum atomic E-state index is 5.57. The van der Waals surface area contributed by atoms with Crippen LogP contribution in [0.4, 0.5) is 0 Å². The molecule has 84 valence electrons. The number of rotatable bonds is 3. The first kappa shape index (κ1) is 11.2. The third-order valence-corrected chi connectivity index (χ3v) is 4.80. The van der Waals surface area contributed by atoms with Crippen LogP contribution in [0.25, 0.3) is 0 Å². The van der Waals surface area contributed by atoms with Gasteiger partial charge in [-0.2, -0.15) is 0 Å². The van der Waals surface area contributed by atoms with Gasteiger partial charge in [0.1, 0.15) is 0 Å². The van der Waals surface area contributed by atoms with E-state index in [1.165, 1.54) is 30.6 Å². The highest BCUT2D eigenvalue weighted by atomic mass is 32.1. The van der Waals surface area contributed by atoms with Crippen LogP contribution in [0.15, 0.2) is 12.1 Å². The second-order valence-electron chi connectivity index (χ2n) is 4.80. The van der Waals surface area contributed by atoms with Crippen molar-refractivity contribution in [1.29, 1.82) is 0 Å². The van der Waals surface area contributed by atoms with Crippen LogP contribution in [0.2, 0.25) is 0 Å². The van der Waals surface area contributed by atoms with Gasteiger partial charge in [0.25, 0.3) is 0 Å². The second-order valence-corrected chi connectivity index (χ2v) is 6.00. The van der Waals surface area contributed by atoms with Gasteiger partial charge in [-0.25, -0.2) is 0 Å². The van der Waals surface area contributed by atoms with E-state index < -0.39 is 0 Å². The predicted molar refractivity (Wildman–Crippen MR) is 67.5 cm³/mol. The predicted octanol–water partition coefficient (Wildman–Crippen LogP) is 3.54. The Labute approximate surface area is 96.7 Å². The van der Waals surface area contributed by atoms with Gasteiger partial charge in [0, 0.05) is 9.75 Å². The average Bonchev–Trinajstić information content (AvgIpc) is 2.68. The van der Waals surface area contributed by atoms with E-state index in [2.05, 4.69) is 19.1 Å². The maximum Gasteiger partial charge on any atom is 0.00791 e. The lowest BCUT2D eigenvalue weighted by Gasteiger charge is -2.25. The normalized spacial score (nSPS) is 26.8. The molecule has 0 atom stereocenters. The van der Waals surface area contributed by atoms with Crippen LogP contribution >= 0.6 is 11.3 Å². The molecule has 1 nitrogen and oxygen atoms in total. The zero-order valence-corrected chi connectivity index (χ0v) is 10.4. The molecule has 1 aliphatic carbocycles. The summed E-state index contributed by atoms with van der Waals surface area (Å²) in [6, 6.07) is 4.60. The van der Waals surface area contributed by atoms with E-state index in [1.54, 1.807) is 4.88 Å². The van der Waals surface area contributed by atoms with Crippen molar-refractivity contribution in [3.8, 4) is 0 Å². The summed E-state index contributed by atoms with van der Waals surface area (Å²) in [6.07, 6.45) is 6.66. The van der Waals surface area contributed by atoms with Crippen LogP contribution in [-0.2, 0) is 6.42 Å². The van der Waals surface area contributed by atoms with Gasteiger partial charge in [0.2, 0.25) is 0 Å². The minimum Gasteiger partial charge on any atom is -0.330 e. The molecule has 0 amide bonds. The Balaban J connectivity index is 1.96. The number of hydrogen-bond donors (Lipinski definition) is 1. The van der Waals surface area contributed by atoms with Gasteiger partial charge in [-0.05, 0) is 49.8 Å². The molecule has 0 bridgehead atoms. The maximum absolute atomic E-state index is 5.57. The summed E-state index contributed by atoms with van der Waals surface area (Å²) in [5.74, 6) is 1.79. The Morgan fingerprint density at radius 3 is 2.67 bits per heavy atom. The first-order valence-corrected chi connectivity index (χ1v) is 6.90. The third-order valence-electron chi connectivity index (χ3n) is 3.49. The summed E-state index contributed by atoms with van der Waals surface area (Å²) in [5.41, 5.74) is 5.57. The van der Waals surface area contributed by atoms with Crippen molar-refractivity contribution in [3.05, 3.63) is 21.9 Å². The lowest BCUT2D eigenvalue weighted by molar-refractivity contribution is 0.350. The van der Waals surface area contributed by atoms with Crippen molar-refractivity contribution >= 4 is 11.3 Å². The molecular weight excluding hydrogens is 202 g/mol. The topological polar surface area (TPSA) is 26.0 Å². The molecular formula is C13H21NS. The molecule has 2 N–H and O–H groups in total. The van der Waals surface area contributed by atoms with Crippen LogP contribution in [0.3, 0.4) is 0 Å². The molecule has 0 unspecified atom stereocenters. The smallest absolute Gasteiger partial charge is 0.00791 e. The standard InChI is InChI=1S/C13H21NS/c1-10-2-4-11(5-3-10)13-7-6-12(15-13)8-9-14/h6-7,10-11H,2-5,8-9,14H2,1H3. The molecule has 2 rings (SSSR count). The van der Waals surface area contributed by atoms with Crippen LogP contribution in [0, 0.1) is 5.92 Å². The molecule has 2 heteroatoms. The monoisotopic (exact) mass is 223 g/mol. The highest BCUT2D eigenvalue weighted by Crippen LogP contribution is 2.38. The highest BCUT2D eigenvalue weighted by molar-refractivity contribution is 7.12. The lowest BCUT2D eigenvalue weighted by atomic mass is 9.82. The fraction of sp³-hybridized carbons (Fsp3) is 0.692. The Morgan fingerprint density at radius 2 is 2.00 bits per heavy atom. The Morgan fingerprint density at radius 1 is 1.27 bits per heavy atom. The van der Waals surface area contributed by atoms with Crippen LogP contribution < -0.4 is 5.73 Å². The molecule has 0 spiro atoms. The molecule has 0 radical (unpaired) electrons. The van der Waals surface area contributed by atoms with Gasteiger partial charge in [-0.15, -0.1) is 11.3 Å². The fourth-order valence-corrected chi connectivity index (χ4v) is 3.63. The van der Waals surface area contributed by atoms with E-state index in [9.17, 15) is 0 Å². The van der Waals surface area contributed by atoms with E-state index in [1.807, 2.05) is 11.3 Å². The average molecular weight is 223 g/mol. The fourth-order valence-electron chi connectivity index (χ4n) is 2.44. The number of nitrogens with two attached hydrogens (primary N) is 1. The Kier molecular flexibility index (Phi) is 3.81. The Hall–Kier alpha value is -0.340. The first-order chi connectivity index (χ1) is 7.29. The van der Waals surface area contributed by atoms with Gasteiger partial charge in [-0.1, -0.05) is 19.8 Å². The van der Waals surface area contributed by atoms with E-state index in [0.717, 1.165) is 24.8 Å². The zero-order valence-electron chi connectivity index (χ0n) is 9.54. The van der Waals surface area contributed by atoms with Crippen LogP contribution in [0.5, 0.6) is 0 Å². The van der Waals surface area contributed by atoms with Crippen molar-refractivity contribution in [2.24, 2.45) is 11.7 Å². The van der Waals surface area contributed by atoms with Crippen molar-refractivity contribution in [2.45, 2.75) is 44.9 Å². The van der Waals surface area contributed by atoms with Gasteiger partial charge >= 0.3 is 0 Å². The molecule has 1 aromatic rings. The Bertz CT molecular complexity index is 297. The summed E-state index contributed by atoms with van der Waals surface area (Å²) >= 11 is 1.99. The number of thiophene rings is 1. The first-order valence-electron chi connectivity index (χ1n) is 6.08. The van der Waals surface area contributed by atoms with Crippen LogP contribution in [0.1, 0.15) is 48.3 Å². The zero-order chi connectivity index (χ0) is 10.7. The SMILES string of the molecule is CC1CCC(c2ccc(CCN)s2)CC1. The summed E-state index contributed by atoms with van der Waals surface area (Å²) < 4.78 is 0. The quantitative estimate of drug-likeness (QED) is 0.833. The van der Waals surface area contributed by atoms with Crippen molar-refractivity contribution in [1.82, 2.24) is 0 Å². The summed E-state index contributed by atoms with van der Waals surface area (Å²) in [6.45, 7) is 3.16.